The minimum absolute atomic E-state index is 0.169. The average molecular weight is 645 g/mol. The number of ether oxygens (including phenoxy) is 2. The largest absolute Gasteiger partial charge is 0.480 e. The Kier molecular flexibility index (Phi) is 12.4. The molecule has 0 aromatic rings. The molecule has 7 nitrogen and oxygen atoms in total. The smallest absolute Gasteiger partial charge is 0.460 e. The molecule has 0 saturated heterocycles. The number of hydrogen-bond donors (Lipinski definition) is 2. The van der Waals surface area contributed by atoms with Gasteiger partial charge in [-0.1, -0.05) is 0 Å². The van der Waals surface area contributed by atoms with Crippen LogP contribution in [0.3, 0.4) is 0 Å². The van der Waals surface area contributed by atoms with Crippen LogP contribution >= 0.6 is 0 Å². The van der Waals surface area contributed by atoms with Crippen molar-refractivity contribution >= 4 is 11.8 Å². The summed E-state index contributed by atoms with van der Waals surface area (Å²) >= 11 is 0. The van der Waals surface area contributed by atoms with Crippen molar-refractivity contribution in [2.45, 2.75) is 73.8 Å². The SMILES string of the molecule is CC(=O)CC[C@H](C(=O)O)N(C)CC(O)COCCOC(F)(F)C(F)(F)C(F)(F)C(F)(F)C(F)(F)C(F)(F)C(F)(F)F. The predicted octanol–water partition coefficient (Wildman–Crippen LogP) is 4.47. The molecule has 22 heteroatoms. The molecule has 0 aromatic heterocycles. The second-order valence-electron chi connectivity index (χ2n) is 8.50. The van der Waals surface area contributed by atoms with E-state index in [1.54, 1.807) is 0 Å². The number of carboxylic acids is 1. The van der Waals surface area contributed by atoms with Gasteiger partial charge in [0.1, 0.15) is 11.8 Å². The molecule has 0 bridgehead atoms. The zero-order chi connectivity index (χ0) is 33.0. The molecule has 0 aromatic carbocycles. The van der Waals surface area contributed by atoms with Crippen LogP contribution < -0.4 is 0 Å². The van der Waals surface area contributed by atoms with E-state index in [1.807, 2.05) is 0 Å². The lowest BCUT2D eigenvalue weighted by molar-refractivity contribution is -0.472. The first-order chi connectivity index (χ1) is 18.0. The number of carbonyl (C=O) groups is 2. The van der Waals surface area contributed by atoms with E-state index in [1.165, 1.54) is 0 Å². The highest BCUT2D eigenvalue weighted by molar-refractivity contribution is 5.78. The summed E-state index contributed by atoms with van der Waals surface area (Å²) < 4.78 is 204. The summed E-state index contributed by atoms with van der Waals surface area (Å²) in [6, 6.07) is -1.30. The molecule has 2 atom stereocenters. The van der Waals surface area contributed by atoms with E-state index in [9.17, 15) is 80.6 Å². The molecule has 0 spiro atoms. The summed E-state index contributed by atoms with van der Waals surface area (Å²) in [7, 11) is 1.16. The molecule has 2 N–H and O–H groups in total. The van der Waals surface area contributed by atoms with Crippen LogP contribution in [0.4, 0.5) is 65.9 Å². The monoisotopic (exact) mass is 645 g/mol. The van der Waals surface area contributed by atoms with Crippen LogP contribution in [-0.2, 0) is 19.1 Å². The van der Waals surface area contributed by atoms with E-state index in [-0.39, 0.29) is 18.6 Å². The predicted molar refractivity (Wildman–Crippen MR) is 102 cm³/mol. The van der Waals surface area contributed by atoms with Gasteiger partial charge in [-0.25, -0.2) is 0 Å². The summed E-state index contributed by atoms with van der Waals surface area (Å²) in [6.45, 7) is -3.57. The number of aliphatic hydroxyl groups excluding tert-OH is 1. The number of nitrogens with zero attached hydrogens (tertiary/aromatic N) is 1. The lowest BCUT2D eigenvalue weighted by Crippen LogP contribution is -2.72. The van der Waals surface area contributed by atoms with Gasteiger partial charge in [0.15, 0.2) is 0 Å². The second kappa shape index (κ2) is 13.1. The lowest BCUT2D eigenvalue weighted by Gasteiger charge is -2.41. The summed E-state index contributed by atoms with van der Waals surface area (Å²) in [5, 5.41) is 18.9. The van der Waals surface area contributed by atoms with Gasteiger partial charge in [0.25, 0.3) is 0 Å². The third kappa shape index (κ3) is 8.06. The van der Waals surface area contributed by atoms with Crippen molar-refractivity contribution in [3.05, 3.63) is 0 Å². The zero-order valence-electron chi connectivity index (χ0n) is 20.5. The van der Waals surface area contributed by atoms with E-state index < -0.39 is 86.4 Å². The highest BCUT2D eigenvalue weighted by Gasteiger charge is 2.93. The molecular formula is C19H22F15NO6. The van der Waals surface area contributed by atoms with E-state index in [0.717, 1.165) is 18.9 Å². The van der Waals surface area contributed by atoms with Crippen LogP contribution in [0.1, 0.15) is 19.8 Å². The van der Waals surface area contributed by atoms with Crippen LogP contribution in [0.15, 0.2) is 0 Å². The minimum Gasteiger partial charge on any atom is -0.480 e. The third-order valence-electron chi connectivity index (χ3n) is 5.21. The second-order valence-corrected chi connectivity index (χ2v) is 8.50. The van der Waals surface area contributed by atoms with Gasteiger partial charge < -0.3 is 24.5 Å². The molecule has 0 rings (SSSR count). The Morgan fingerprint density at radius 3 is 1.61 bits per heavy atom. The molecule has 0 aliphatic carbocycles. The lowest BCUT2D eigenvalue weighted by atomic mass is 9.93. The maximum absolute atomic E-state index is 13.6. The zero-order valence-corrected chi connectivity index (χ0v) is 20.5. The fourth-order valence-electron chi connectivity index (χ4n) is 2.88. The Morgan fingerprint density at radius 2 is 1.20 bits per heavy atom. The van der Waals surface area contributed by atoms with Crippen molar-refractivity contribution in [1.29, 1.82) is 0 Å². The maximum Gasteiger partial charge on any atom is 0.460 e. The van der Waals surface area contributed by atoms with Crippen molar-refractivity contribution in [1.82, 2.24) is 4.90 Å². The van der Waals surface area contributed by atoms with Crippen LogP contribution in [-0.4, -0.2) is 114 Å². The normalized spacial score (nSPS) is 16.2. The van der Waals surface area contributed by atoms with E-state index in [4.69, 9.17) is 5.11 Å². The van der Waals surface area contributed by atoms with Gasteiger partial charge in [0, 0.05) is 13.0 Å². The van der Waals surface area contributed by atoms with Gasteiger partial charge in [-0.3, -0.25) is 9.69 Å². The molecular weight excluding hydrogens is 623 g/mol. The van der Waals surface area contributed by atoms with Crippen LogP contribution in [0.25, 0.3) is 0 Å². The number of carbonyl (C=O) groups excluding carboxylic acids is 1. The molecule has 0 fully saturated rings. The molecule has 0 heterocycles. The molecule has 41 heavy (non-hydrogen) atoms. The van der Waals surface area contributed by atoms with Gasteiger partial charge in [-0.15, -0.1) is 0 Å². The molecule has 0 aliphatic rings. The summed E-state index contributed by atoms with van der Waals surface area (Å²) in [5.41, 5.74) is 0. The Bertz CT molecular complexity index is 897. The Morgan fingerprint density at radius 1 is 0.756 bits per heavy atom. The van der Waals surface area contributed by atoms with Gasteiger partial charge >= 0.3 is 47.9 Å². The van der Waals surface area contributed by atoms with Crippen molar-refractivity contribution in [2.24, 2.45) is 0 Å². The number of Topliss-reactive ketones (excluding diaryl/α,β-unsaturated/α-hetero) is 1. The van der Waals surface area contributed by atoms with E-state index in [2.05, 4.69) is 9.47 Å². The first-order valence-electron chi connectivity index (χ1n) is 10.7. The summed E-state index contributed by atoms with van der Waals surface area (Å²) in [4.78, 5) is 23.2. The number of aliphatic carboxylic acids is 1. The molecule has 1 unspecified atom stereocenters. The number of alkyl halides is 15. The van der Waals surface area contributed by atoms with Crippen molar-refractivity contribution in [2.75, 3.05) is 33.4 Å². The standard InChI is InChI=1S/C19H22F15NO6/c1-9(36)3-4-11(12(38)39)35(2)7-10(37)8-40-5-6-41-19(33,34)17(28,29)15(24,25)13(20,21)14(22,23)16(26,27)18(30,31)32/h10-11,37H,3-8H2,1-2H3,(H,38,39)/t10?,11-/m1/s1. The first kappa shape index (κ1) is 38.9. The van der Waals surface area contributed by atoms with E-state index >= 15 is 0 Å². The van der Waals surface area contributed by atoms with Crippen molar-refractivity contribution in [3.8, 4) is 0 Å². The summed E-state index contributed by atoms with van der Waals surface area (Å²) in [5.74, 6) is -42.8. The minimum atomic E-state index is -8.43. The number of halogens is 15. The Hall–Kier alpha value is -2.07. The van der Waals surface area contributed by atoms with Crippen LogP contribution in [0.5, 0.6) is 0 Å². The average Bonchev–Trinajstić information content (AvgIpc) is 2.76. The fourth-order valence-corrected chi connectivity index (χ4v) is 2.88. The number of carboxylic acid groups (broad SMARTS) is 1. The Labute approximate surface area is 220 Å². The van der Waals surface area contributed by atoms with Gasteiger partial charge in [-0.2, -0.15) is 65.9 Å². The highest BCUT2D eigenvalue weighted by Crippen LogP contribution is 2.62. The van der Waals surface area contributed by atoms with Gasteiger partial charge in [-0.05, 0) is 20.4 Å². The number of ketones is 1. The summed E-state index contributed by atoms with van der Waals surface area (Å²) in [6.07, 6.45) is -16.6. The number of likely N-dealkylation sites (N-methyl/N-ethyl adjacent to an activating group) is 1. The van der Waals surface area contributed by atoms with Crippen molar-refractivity contribution in [3.63, 3.8) is 0 Å². The number of hydrogen-bond acceptors (Lipinski definition) is 6. The number of aliphatic hydroxyl groups is 1. The quantitative estimate of drug-likeness (QED) is 0.168. The highest BCUT2D eigenvalue weighted by atomic mass is 19.4. The number of rotatable bonds is 18. The van der Waals surface area contributed by atoms with E-state index in [0.29, 0.717) is 0 Å². The van der Waals surface area contributed by atoms with Gasteiger partial charge in [0.05, 0.1) is 25.9 Å². The topological polar surface area (TPSA) is 96.3 Å². The van der Waals surface area contributed by atoms with Gasteiger partial charge in [0.2, 0.25) is 0 Å². The molecule has 244 valence electrons. The Balaban J connectivity index is 5.34. The van der Waals surface area contributed by atoms with Crippen molar-refractivity contribution < 1.29 is 95.1 Å². The maximum atomic E-state index is 13.6. The third-order valence-corrected chi connectivity index (χ3v) is 5.21. The molecule has 0 saturated carbocycles. The molecule has 0 amide bonds. The first-order valence-corrected chi connectivity index (χ1v) is 10.7. The van der Waals surface area contributed by atoms with Crippen LogP contribution in [0.2, 0.25) is 0 Å². The fraction of sp³-hybridized carbons (Fsp3) is 0.895. The molecule has 0 aliphatic heterocycles. The molecule has 0 radical (unpaired) electrons. The van der Waals surface area contributed by atoms with Crippen LogP contribution in [0, 0.1) is 0 Å².